The molecule has 0 aromatic heterocycles. The SMILES string of the molecule is CC(C)CSCC(=O)c1ccc(Br)cc1. The highest BCUT2D eigenvalue weighted by molar-refractivity contribution is 9.10. The number of thioether (sulfide) groups is 1. The maximum Gasteiger partial charge on any atom is 0.172 e. The third kappa shape index (κ3) is 4.85. The summed E-state index contributed by atoms with van der Waals surface area (Å²) in [6.45, 7) is 4.33. The van der Waals surface area contributed by atoms with Gasteiger partial charge in [-0.05, 0) is 23.8 Å². The van der Waals surface area contributed by atoms with Gasteiger partial charge >= 0.3 is 0 Å². The van der Waals surface area contributed by atoms with Gasteiger partial charge in [0.2, 0.25) is 0 Å². The summed E-state index contributed by atoms with van der Waals surface area (Å²) in [5.41, 5.74) is 0.800. The van der Waals surface area contributed by atoms with Gasteiger partial charge in [-0.25, -0.2) is 0 Å². The second-order valence-electron chi connectivity index (χ2n) is 3.84. The summed E-state index contributed by atoms with van der Waals surface area (Å²) in [7, 11) is 0. The monoisotopic (exact) mass is 286 g/mol. The Morgan fingerprint density at radius 3 is 2.47 bits per heavy atom. The number of carbonyl (C=O) groups is 1. The number of rotatable bonds is 5. The third-order valence-electron chi connectivity index (χ3n) is 1.85. The van der Waals surface area contributed by atoms with Crippen molar-refractivity contribution in [3.05, 3.63) is 34.3 Å². The van der Waals surface area contributed by atoms with Gasteiger partial charge < -0.3 is 0 Å². The Balaban J connectivity index is 2.43. The van der Waals surface area contributed by atoms with Crippen molar-refractivity contribution < 1.29 is 4.79 Å². The van der Waals surface area contributed by atoms with Crippen molar-refractivity contribution in [3.8, 4) is 0 Å². The third-order valence-corrected chi connectivity index (χ3v) is 3.75. The summed E-state index contributed by atoms with van der Waals surface area (Å²) in [5.74, 6) is 2.49. The molecule has 0 saturated carbocycles. The van der Waals surface area contributed by atoms with E-state index in [1.807, 2.05) is 24.3 Å². The molecule has 1 aromatic carbocycles. The maximum absolute atomic E-state index is 11.7. The molecule has 0 unspecified atom stereocenters. The largest absolute Gasteiger partial charge is 0.293 e. The van der Waals surface area contributed by atoms with E-state index in [-0.39, 0.29) is 5.78 Å². The second-order valence-corrected chi connectivity index (χ2v) is 5.78. The van der Waals surface area contributed by atoms with Gasteiger partial charge in [-0.3, -0.25) is 4.79 Å². The molecule has 0 heterocycles. The van der Waals surface area contributed by atoms with Crippen LogP contribution in [0.1, 0.15) is 24.2 Å². The number of halogens is 1. The lowest BCUT2D eigenvalue weighted by Gasteiger charge is -2.04. The predicted octanol–water partition coefficient (Wildman–Crippen LogP) is 4.02. The van der Waals surface area contributed by atoms with Crippen molar-refractivity contribution in [1.82, 2.24) is 0 Å². The Morgan fingerprint density at radius 1 is 1.33 bits per heavy atom. The fourth-order valence-corrected chi connectivity index (χ4v) is 2.31. The lowest BCUT2D eigenvalue weighted by atomic mass is 10.2. The zero-order valence-corrected chi connectivity index (χ0v) is 11.4. The van der Waals surface area contributed by atoms with Crippen molar-refractivity contribution >= 4 is 33.5 Å². The van der Waals surface area contributed by atoms with Crippen LogP contribution in [0.25, 0.3) is 0 Å². The molecule has 0 aliphatic rings. The molecule has 0 bridgehead atoms. The van der Waals surface area contributed by atoms with Gasteiger partial charge in [0, 0.05) is 10.0 Å². The Morgan fingerprint density at radius 2 is 1.93 bits per heavy atom. The predicted molar refractivity (Wildman–Crippen MR) is 70.6 cm³/mol. The van der Waals surface area contributed by atoms with Crippen molar-refractivity contribution in [2.24, 2.45) is 5.92 Å². The van der Waals surface area contributed by atoms with Crippen molar-refractivity contribution in [1.29, 1.82) is 0 Å². The lowest BCUT2D eigenvalue weighted by molar-refractivity contribution is 0.102. The molecule has 15 heavy (non-hydrogen) atoms. The number of benzene rings is 1. The summed E-state index contributed by atoms with van der Waals surface area (Å²) in [6.07, 6.45) is 0. The molecular formula is C12H15BrOS. The number of hydrogen-bond acceptors (Lipinski definition) is 2. The second kappa shape index (κ2) is 6.33. The van der Waals surface area contributed by atoms with E-state index in [9.17, 15) is 4.79 Å². The van der Waals surface area contributed by atoms with Gasteiger partial charge in [-0.15, -0.1) is 0 Å². The first-order chi connectivity index (χ1) is 7.09. The molecule has 1 aromatic rings. The van der Waals surface area contributed by atoms with Gasteiger partial charge in [0.25, 0.3) is 0 Å². The topological polar surface area (TPSA) is 17.1 Å². The van der Waals surface area contributed by atoms with Gasteiger partial charge in [-0.2, -0.15) is 11.8 Å². The van der Waals surface area contributed by atoms with Crippen LogP contribution < -0.4 is 0 Å². The first-order valence-corrected chi connectivity index (χ1v) is 6.91. The normalized spacial score (nSPS) is 10.7. The Bertz CT molecular complexity index is 319. The van der Waals surface area contributed by atoms with Gasteiger partial charge in [0.05, 0.1) is 5.75 Å². The maximum atomic E-state index is 11.7. The van der Waals surface area contributed by atoms with E-state index in [0.29, 0.717) is 11.7 Å². The van der Waals surface area contributed by atoms with Gasteiger partial charge in [0.15, 0.2) is 5.78 Å². The minimum Gasteiger partial charge on any atom is -0.293 e. The number of carbonyl (C=O) groups excluding carboxylic acids is 1. The molecule has 0 N–H and O–H groups in total. The van der Waals surface area contributed by atoms with E-state index in [4.69, 9.17) is 0 Å². The van der Waals surface area contributed by atoms with Gasteiger partial charge in [0.1, 0.15) is 0 Å². The summed E-state index contributed by atoms with van der Waals surface area (Å²) in [5, 5.41) is 0. The van der Waals surface area contributed by atoms with Crippen molar-refractivity contribution in [2.45, 2.75) is 13.8 Å². The summed E-state index contributed by atoms with van der Waals surface area (Å²) in [6, 6.07) is 7.53. The molecule has 1 nitrogen and oxygen atoms in total. The van der Waals surface area contributed by atoms with Crippen LogP contribution in [-0.4, -0.2) is 17.3 Å². The van der Waals surface area contributed by atoms with Crippen molar-refractivity contribution in [2.75, 3.05) is 11.5 Å². The summed E-state index contributed by atoms with van der Waals surface area (Å²) >= 11 is 5.06. The van der Waals surface area contributed by atoms with Crippen LogP contribution in [0.2, 0.25) is 0 Å². The number of ketones is 1. The van der Waals surface area contributed by atoms with Crippen LogP contribution >= 0.6 is 27.7 Å². The Hall–Kier alpha value is -0.280. The quantitative estimate of drug-likeness (QED) is 0.761. The Kier molecular flexibility index (Phi) is 5.40. The average Bonchev–Trinajstić information content (AvgIpc) is 2.18. The molecule has 3 heteroatoms. The van der Waals surface area contributed by atoms with E-state index in [2.05, 4.69) is 29.8 Å². The first-order valence-electron chi connectivity index (χ1n) is 4.96. The van der Waals surface area contributed by atoms with Gasteiger partial charge in [-0.1, -0.05) is 41.9 Å². The lowest BCUT2D eigenvalue weighted by Crippen LogP contribution is -2.04. The zero-order chi connectivity index (χ0) is 11.3. The summed E-state index contributed by atoms with van der Waals surface area (Å²) < 4.78 is 1.01. The van der Waals surface area contributed by atoms with E-state index in [1.165, 1.54) is 0 Å². The molecule has 0 amide bonds. The summed E-state index contributed by atoms with van der Waals surface area (Å²) in [4.78, 5) is 11.7. The molecule has 0 radical (unpaired) electrons. The fourth-order valence-electron chi connectivity index (χ4n) is 1.11. The molecule has 0 fully saturated rings. The smallest absolute Gasteiger partial charge is 0.172 e. The van der Waals surface area contributed by atoms with Crippen molar-refractivity contribution in [3.63, 3.8) is 0 Å². The first kappa shape index (κ1) is 12.8. The van der Waals surface area contributed by atoms with Crippen LogP contribution in [-0.2, 0) is 0 Å². The molecule has 0 aliphatic carbocycles. The average molecular weight is 287 g/mol. The molecule has 0 atom stereocenters. The molecular weight excluding hydrogens is 272 g/mol. The van der Waals surface area contributed by atoms with E-state index < -0.39 is 0 Å². The highest BCUT2D eigenvalue weighted by Gasteiger charge is 2.05. The zero-order valence-electron chi connectivity index (χ0n) is 9.00. The number of Topliss-reactive ketones (excluding diaryl/α,β-unsaturated/α-hetero) is 1. The van der Waals surface area contributed by atoms with Crippen LogP contribution in [0.15, 0.2) is 28.7 Å². The van der Waals surface area contributed by atoms with Crippen LogP contribution in [0.4, 0.5) is 0 Å². The van der Waals surface area contributed by atoms with E-state index >= 15 is 0 Å². The fraction of sp³-hybridized carbons (Fsp3) is 0.417. The molecule has 0 spiro atoms. The van der Waals surface area contributed by atoms with E-state index in [1.54, 1.807) is 11.8 Å². The van der Waals surface area contributed by atoms with Crippen LogP contribution in [0, 0.1) is 5.92 Å². The molecule has 0 saturated heterocycles. The molecule has 1 rings (SSSR count). The number of hydrogen-bond donors (Lipinski definition) is 0. The molecule has 82 valence electrons. The molecule has 0 aliphatic heterocycles. The van der Waals surface area contributed by atoms with Crippen LogP contribution in [0.5, 0.6) is 0 Å². The van der Waals surface area contributed by atoms with E-state index in [0.717, 1.165) is 15.8 Å². The van der Waals surface area contributed by atoms with Crippen LogP contribution in [0.3, 0.4) is 0 Å². The highest BCUT2D eigenvalue weighted by Crippen LogP contribution is 2.14. The Labute approximate surface area is 104 Å². The standard InChI is InChI=1S/C12H15BrOS/c1-9(2)7-15-8-12(14)10-3-5-11(13)6-4-10/h3-6,9H,7-8H2,1-2H3. The minimum atomic E-state index is 0.216. The highest BCUT2D eigenvalue weighted by atomic mass is 79.9. The minimum absolute atomic E-state index is 0.216.